The lowest BCUT2D eigenvalue weighted by Gasteiger charge is -2.27. The first-order valence-electron chi connectivity index (χ1n) is 4.29. The molecule has 0 rings (SSSR count). The van der Waals surface area contributed by atoms with Crippen molar-refractivity contribution in [2.24, 2.45) is 5.92 Å². The average molecular weight is 176 g/mol. The van der Waals surface area contributed by atoms with Crippen molar-refractivity contribution in [2.45, 2.75) is 32.7 Å². The molecule has 2 unspecified atom stereocenters. The maximum absolute atomic E-state index is 5.23. The third-order valence-corrected chi connectivity index (χ3v) is 2.26. The SMILES string of the molecule is CCC(C(C)OC)C(OC)OC. The van der Waals surface area contributed by atoms with Gasteiger partial charge < -0.3 is 14.2 Å². The number of rotatable bonds is 6. The van der Waals surface area contributed by atoms with Gasteiger partial charge in [-0.15, -0.1) is 0 Å². The summed E-state index contributed by atoms with van der Waals surface area (Å²) in [5.74, 6) is 0.296. The Morgan fingerprint density at radius 1 is 1.00 bits per heavy atom. The first kappa shape index (κ1) is 11.9. The van der Waals surface area contributed by atoms with Gasteiger partial charge in [0.05, 0.1) is 6.10 Å². The molecule has 0 saturated heterocycles. The summed E-state index contributed by atoms with van der Waals surface area (Å²) in [6, 6.07) is 0. The summed E-state index contributed by atoms with van der Waals surface area (Å²) in [6.07, 6.45) is 0.992. The van der Waals surface area contributed by atoms with E-state index in [1.807, 2.05) is 6.92 Å². The fourth-order valence-corrected chi connectivity index (χ4v) is 1.37. The molecule has 0 amide bonds. The van der Waals surface area contributed by atoms with Crippen molar-refractivity contribution < 1.29 is 14.2 Å². The van der Waals surface area contributed by atoms with E-state index in [0.29, 0.717) is 5.92 Å². The molecule has 0 N–H and O–H groups in total. The van der Waals surface area contributed by atoms with Gasteiger partial charge in [0.2, 0.25) is 0 Å². The summed E-state index contributed by atoms with van der Waals surface area (Å²) < 4.78 is 15.6. The number of ether oxygens (including phenoxy) is 3. The Hall–Kier alpha value is -0.120. The van der Waals surface area contributed by atoms with Crippen molar-refractivity contribution in [3.05, 3.63) is 0 Å². The summed E-state index contributed by atoms with van der Waals surface area (Å²) in [6.45, 7) is 4.13. The molecule has 0 aliphatic heterocycles. The minimum atomic E-state index is -0.162. The molecular weight excluding hydrogens is 156 g/mol. The van der Waals surface area contributed by atoms with Crippen molar-refractivity contribution in [1.29, 1.82) is 0 Å². The highest BCUT2D eigenvalue weighted by Gasteiger charge is 2.24. The van der Waals surface area contributed by atoms with Crippen LogP contribution in [0.3, 0.4) is 0 Å². The minimum absolute atomic E-state index is 0.162. The van der Waals surface area contributed by atoms with Gasteiger partial charge in [0.1, 0.15) is 0 Å². The molecule has 74 valence electrons. The van der Waals surface area contributed by atoms with Crippen LogP contribution in [0.15, 0.2) is 0 Å². The fraction of sp³-hybridized carbons (Fsp3) is 1.00. The van der Waals surface area contributed by atoms with E-state index in [1.165, 1.54) is 0 Å². The molecule has 3 nitrogen and oxygen atoms in total. The van der Waals surface area contributed by atoms with E-state index < -0.39 is 0 Å². The van der Waals surface area contributed by atoms with Crippen LogP contribution in [0.2, 0.25) is 0 Å². The summed E-state index contributed by atoms with van der Waals surface area (Å²) >= 11 is 0. The minimum Gasteiger partial charge on any atom is -0.381 e. The van der Waals surface area contributed by atoms with Gasteiger partial charge in [-0.1, -0.05) is 6.92 Å². The fourth-order valence-electron chi connectivity index (χ4n) is 1.37. The van der Waals surface area contributed by atoms with Crippen LogP contribution in [-0.4, -0.2) is 33.7 Å². The molecule has 0 aromatic heterocycles. The van der Waals surface area contributed by atoms with Gasteiger partial charge in [-0.05, 0) is 13.3 Å². The van der Waals surface area contributed by atoms with Crippen LogP contribution in [0, 0.1) is 5.92 Å². The number of hydrogen-bond donors (Lipinski definition) is 0. The van der Waals surface area contributed by atoms with Crippen LogP contribution in [0.5, 0.6) is 0 Å². The zero-order valence-electron chi connectivity index (χ0n) is 8.66. The average Bonchev–Trinajstić information content (AvgIpc) is 2.12. The molecule has 0 bridgehead atoms. The van der Waals surface area contributed by atoms with Crippen LogP contribution >= 0.6 is 0 Å². The van der Waals surface area contributed by atoms with Gasteiger partial charge in [0, 0.05) is 27.2 Å². The van der Waals surface area contributed by atoms with Crippen LogP contribution in [0.4, 0.5) is 0 Å². The Morgan fingerprint density at radius 3 is 1.75 bits per heavy atom. The second-order valence-electron chi connectivity index (χ2n) is 2.85. The topological polar surface area (TPSA) is 27.7 Å². The normalized spacial score (nSPS) is 16.5. The van der Waals surface area contributed by atoms with E-state index in [2.05, 4.69) is 6.92 Å². The van der Waals surface area contributed by atoms with Crippen LogP contribution in [0.25, 0.3) is 0 Å². The van der Waals surface area contributed by atoms with Gasteiger partial charge in [-0.3, -0.25) is 0 Å². The Balaban J connectivity index is 4.09. The molecule has 0 heterocycles. The molecule has 2 atom stereocenters. The highest BCUT2D eigenvalue weighted by Crippen LogP contribution is 2.18. The Morgan fingerprint density at radius 2 is 1.50 bits per heavy atom. The zero-order chi connectivity index (χ0) is 9.56. The van der Waals surface area contributed by atoms with E-state index in [0.717, 1.165) is 6.42 Å². The summed E-state index contributed by atoms with van der Waals surface area (Å²) in [5, 5.41) is 0. The van der Waals surface area contributed by atoms with Gasteiger partial charge in [-0.25, -0.2) is 0 Å². The molecule has 0 aromatic carbocycles. The number of methoxy groups -OCH3 is 3. The second kappa shape index (κ2) is 6.40. The smallest absolute Gasteiger partial charge is 0.162 e. The van der Waals surface area contributed by atoms with Gasteiger partial charge in [-0.2, -0.15) is 0 Å². The van der Waals surface area contributed by atoms with Crippen molar-refractivity contribution >= 4 is 0 Å². The van der Waals surface area contributed by atoms with Crippen molar-refractivity contribution in [2.75, 3.05) is 21.3 Å². The van der Waals surface area contributed by atoms with E-state index in [-0.39, 0.29) is 12.4 Å². The Bertz CT molecular complexity index is 102. The van der Waals surface area contributed by atoms with Crippen molar-refractivity contribution in [1.82, 2.24) is 0 Å². The molecular formula is C9H20O3. The van der Waals surface area contributed by atoms with Gasteiger partial charge >= 0.3 is 0 Å². The van der Waals surface area contributed by atoms with Crippen LogP contribution < -0.4 is 0 Å². The maximum Gasteiger partial charge on any atom is 0.162 e. The maximum atomic E-state index is 5.23. The van der Waals surface area contributed by atoms with E-state index >= 15 is 0 Å². The summed E-state index contributed by atoms with van der Waals surface area (Å²) in [4.78, 5) is 0. The third-order valence-electron chi connectivity index (χ3n) is 2.26. The molecule has 0 aliphatic carbocycles. The molecule has 0 aliphatic rings. The predicted octanol–water partition coefficient (Wildman–Crippen LogP) is 1.67. The number of hydrogen-bond acceptors (Lipinski definition) is 3. The summed E-state index contributed by atoms with van der Waals surface area (Å²) in [5.41, 5.74) is 0. The summed E-state index contributed by atoms with van der Waals surface area (Å²) in [7, 11) is 5.01. The zero-order valence-corrected chi connectivity index (χ0v) is 8.66. The van der Waals surface area contributed by atoms with E-state index in [1.54, 1.807) is 21.3 Å². The molecule has 0 aromatic rings. The van der Waals surface area contributed by atoms with Crippen LogP contribution in [-0.2, 0) is 14.2 Å². The van der Waals surface area contributed by atoms with Crippen LogP contribution in [0.1, 0.15) is 20.3 Å². The standard InChI is InChI=1S/C9H20O3/c1-6-8(7(2)10-3)9(11-4)12-5/h7-9H,6H2,1-5H3. The Kier molecular flexibility index (Phi) is 6.34. The molecule has 3 heteroatoms. The highest BCUT2D eigenvalue weighted by atomic mass is 16.7. The highest BCUT2D eigenvalue weighted by molar-refractivity contribution is 4.67. The molecule has 0 radical (unpaired) electrons. The largest absolute Gasteiger partial charge is 0.381 e. The molecule has 0 spiro atoms. The Labute approximate surface area is 75.0 Å². The quantitative estimate of drug-likeness (QED) is 0.576. The lowest BCUT2D eigenvalue weighted by molar-refractivity contribution is -0.163. The lowest BCUT2D eigenvalue weighted by atomic mass is 10.00. The van der Waals surface area contributed by atoms with E-state index in [9.17, 15) is 0 Å². The lowest BCUT2D eigenvalue weighted by Crippen LogP contribution is -2.33. The predicted molar refractivity (Wildman–Crippen MR) is 48.1 cm³/mol. The monoisotopic (exact) mass is 176 g/mol. The van der Waals surface area contributed by atoms with E-state index in [4.69, 9.17) is 14.2 Å². The van der Waals surface area contributed by atoms with Crippen molar-refractivity contribution in [3.8, 4) is 0 Å². The first-order chi connectivity index (χ1) is 5.71. The molecule has 0 fully saturated rings. The second-order valence-corrected chi connectivity index (χ2v) is 2.85. The molecule has 12 heavy (non-hydrogen) atoms. The van der Waals surface area contributed by atoms with Gasteiger partial charge in [0.15, 0.2) is 6.29 Å². The van der Waals surface area contributed by atoms with Crippen molar-refractivity contribution in [3.63, 3.8) is 0 Å². The molecule has 0 saturated carbocycles. The third kappa shape index (κ3) is 3.09. The van der Waals surface area contributed by atoms with Gasteiger partial charge in [0.25, 0.3) is 0 Å². The first-order valence-corrected chi connectivity index (χ1v) is 4.29.